The van der Waals surface area contributed by atoms with E-state index in [0.717, 1.165) is 29.8 Å². The first-order valence-corrected chi connectivity index (χ1v) is 12.7. The Hall–Kier alpha value is -4.18. The monoisotopic (exact) mass is 555 g/mol. The van der Waals surface area contributed by atoms with Crippen LogP contribution >= 0.6 is 0 Å². The molecule has 6 nitrogen and oxygen atoms in total. The molecule has 0 bridgehead atoms. The van der Waals surface area contributed by atoms with E-state index in [1.54, 1.807) is 12.1 Å². The Bertz CT molecular complexity index is 1430. The number of nitrogens with zero attached hydrogens (tertiary/aromatic N) is 1. The highest BCUT2D eigenvalue weighted by atomic mass is 19.4. The van der Waals surface area contributed by atoms with E-state index in [0.29, 0.717) is 26.1 Å². The van der Waals surface area contributed by atoms with Gasteiger partial charge in [-0.2, -0.15) is 13.2 Å². The van der Waals surface area contributed by atoms with E-state index in [4.69, 9.17) is 9.47 Å². The molecule has 1 amide bonds. The third-order valence-corrected chi connectivity index (χ3v) is 7.05. The van der Waals surface area contributed by atoms with Crippen LogP contribution in [0, 0.1) is 5.82 Å². The van der Waals surface area contributed by atoms with E-state index in [9.17, 15) is 32.3 Å². The number of halogens is 4. The number of aliphatic hydroxyl groups excluding tert-OH is 1. The van der Waals surface area contributed by atoms with Gasteiger partial charge in [0, 0.05) is 19.3 Å². The third-order valence-electron chi connectivity index (χ3n) is 7.05. The lowest BCUT2D eigenvalue weighted by atomic mass is 9.90. The molecule has 2 aliphatic heterocycles. The van der Waals surface area contributed by atoms with Gasteiger partial charge in [0.2, 0.25) is 0 Å². The summed E-state index contributed by atoms with van der Waals surface area (Å²) in [7, 11) is 0. The van der Waals surface area contributed by atoms with Crippen molar-refractivity contribution in [2.75, 3.05) is 13.2 Å². The zero-order chi connectivity index (χ0) is 28.4. The van der Waals surface area contributed by atoms with Crippen LogP contribution in [0.15, 0.2) is 84.1 Å². The minimum Gasteiger partial charge on any atom is -0.503 e. The van der Waals surface area contributed by atoms with E-state index in [-0.39, 0.29) is 29.1 Å². The molecule has 0 radical (unpaired) electrons. The van der Waals surface area contributed by atoms with Crippen molar-refractivity contribution in [1.29, 1.82) is 0 Å². The Labute approximate surface area is 227 Å². The number of aliphatic hydroxyl groups is 1. The molecular formula is C30H25F4NO5. The van der Waals surface area contributed by atoms with Crippen LogP contribution in [0.2, 0.25) is 0 Å². The number of alkyl halides is 3. The molecule has 10 heteroatoms. The minimum absolute atomic E-state index is 0.0266. The summed E-state index contributed by atoms with van der Waals surface area (Å²) in [6, 6.07) is 14.8. The van der Waals surface area contributed by atoms with Crippen LogP contribution < -0.4 is 4.74 Å². The van der Waals surface area contributed by atoms with Crippen molar-refractivity contribution in [2.45, 2.75) is 37.7 Å². The van der Waals surface area contributed by atoms with Crippen LogP contribution in [0.3, 0.4) is 0 Å². The predicted octanol–water partition coefficient (Wildman–Crippen LogP) is 6.18. The summed E-state index contributed by atoms with van der Waals surface area (Å²) in [6.45, 7) is 0.729. The maximum Gasteiger partial charge on any atom is 0.416 e. The molecule has 40 heavy (non-hydrogen) atoms. The van der Waals surface area contributed by atoms with Gasteiger partial charge in [-0.25, -0.2) is 4.39 Å². The lowest BCUT2D eigenvalue weighted by molar-refractivity contribution is -0.138. The fraction of sp³-hybridized carbons (Fsp3) is 0.267. The highest BCUT2D eigenvalue weighted by Crippen LogP contribution is 2.43. The second-order valence-electron chi connectivity index (χ2n) is 9.58. The van der Waals surface area contributed by atoms with Crippen molar-refractivity contribution < 1.29 is 41.7 Å². The van der Waals surface area contributed by atoms with E-state index < -0.39 is 47.1 Å². The van der Waals surface area contributed by atoms with Gasteiger partial charge in [0.15, 0.2) is 11.5 Å². The van der Waals surface area contributed by atoms with Crippen LogP contribution in [0.5, 0.6) is 5.75 Å². The number of Topliss-reactive ketones (excluding diaryl/α,β-unsaturated/α-hetero) is 1. The Morgan fingerprint density at radius 2 is 1.68 bits per heavy atom. The maximum absolute atomic E-state index is 14.4. The molecule has 208 valence electrons. The van der Waals surface area contributed by atoms with Crippen molar-refractivity contribution in [2.24, 2.45) is 0 Å². The summed E-state index contributed by atoms with van der Waals surface area (Å²) >= 11 is 0. The quantitative estimate of drug-likeness (QED) is 0.278. The largest absolute Gasteiger partial charge is 0.503 e. The van der Waals surface area contributed by atoms with Crippen LogP contribution in [0.25, 0.3) is 0 Å². The van der Waals surface area contributed by atoms with Crippen LogP contribution in [-0.2, 0) is 22.3 Å². The molecular weight excluding hydrogens is 530 g/mol. The highest BCUT2D eigenvalue weighted by molar-refractivity contribution is 6.17. The maximum atomic E-state index is 14.4. The molecule has 1 atom stereocenters. The van der Waals surface area contributed by atoms with Crippen LogP contribution in [-0.4, -0.2) is 41.0 Å². The Kier molecular flexibility index (Phi) is 7.62. The number of amides is 1. The van der Waals surface area contributed by atoms with Gasteiger partial charge in [-0.1, -0.05) is 42.5 Å². The summed E-state index contributed by atoms with van der Waals surface area (Å²) in [6.07, 6.45) is -3.78. The van der Waals surface area contributed by atoms with Gasteiger partial charge in [-0.15, -0.1) is 0 Å². The number of carbonyl (C=O) groups is 2. The molecule has 1 N–H and O–H groups in total. The van der Waals surface area contributed by atoms with Crippen LogP contribution in [0.1, 0.15) is 45.9 Å². The topological polar surface area (TPSA) is 76.1 Å². The Balaban J connectivity index is 1.56. The van der Waals surface area contributed by atoms with Gasteiger partial charge in [0.25, 0.3) is 5.91 Å². The number of ketones is 1. The molecule has 0 saturated carbocycles. The lowest BCUT2D eigenvalue weighted by Gasteiger charge is -2.36. The number of carbonyl (C=O) groups excluding carboxylic acids is 2. The van der Waals surface area contributed by atoms with Crippen molar-refractivity contribution >= 4 is 11.7 Å². The molecule has 0 aliphatic carbocycles. The summed E-state index contributed by atoms with van der Waals surface area (Å²) < 4.78 is 65.4. The van der Waals surface area contributed by atoms with Crippen molar-refractivity contribution in [1.82, 2.24) is 4.90 Å². The van der Waals surface area contributed by atoms with E-state index in [2.05, 4.69) is 0 Å². The van der Waals surface area contributed by atoms with Crippen molar-refractivity contribution in [3.63, 3.8) is 0 Å². The fourth-order valence-corrected chi connectivity index (χ4v) is 5.06. The smallest absolute Gasteiger partial charge is 0.416 e. The van der Waals surface area contributed by atoms with Gasteiger partial charge in [0.05, 0.1) is 22.7 Å². The van der Waals surface area contributed by atoms with Gasteiger partial charge >= 0.3 is 6.18 Å². The Morgan fingerprint density at radius 1 is 1.00 bits per heavy atom. The van der Waals surface area contributed by atoms with Crippen LogP contribution in [0.4, 0.5) is 17.6 Å². The lowest BCUT2D eigenvalue weighted by Crippen LogP contribution is -2.43. The van der Waals surface area contributed by atoms with Crippen molar-refractivity contribution in [3.8, 4) is 5.75 Å². The van der Waals surface area contributed by atoms with Gasteiger partial charge in [-0.05, 0) is 54.3 Å². The first-order chi connectivity index (χ1) is 19.1. The molecule has 5 rings (SSSR count). The predicted molar refractivity (Wildman–Crippen MR) is 136 cm³/mol. The number of benzene rings is 3. The molecule has 2 heterocycles. The SMILES string of the molecule is O=C(C1=C(O)C(=O)N(C2CCOCC2)C1c1ccc(C(F)(F)F)cc1)c1cc(F)ccc1OCc1ccccc1. The van der Waals surface area contributed by atoms with Gasteiger partial charge in [0.1, 0.15) is 18.2 Å². The zero-order valence-electron chi connectivity index (χ0n) is 21.2. The number of hydrogen-bond donors (Lipinski definition) is 1. The normalized spacial score (nSPS) is 18.4. The second kappa shape index (κ2) is 11.1. The summed E-state index contributed by atoms with van der Waals surface area (Å²) in [5.74, 6) is -3.25. The van der Waals surface area contributed by atoms with E-state index >= 15 is 0 Å². The number of ether oxygens (including phenoxy) is 2. The summed E-state index contributed by atoms with van der Waals surface area (Å²) in [5.41, 5.74) is -0.497. The fourth-order valence-electron chi connectivity index (χ4n) is 5.06. The first kappa shape index (κ1) is 27.4. The Morgan fingerprint density at radius 3 is 2.33 bits per heavy atom. The van der Waals surface area contributed by atoms with Crippen molar-refractivity contribution in [3.05, 3.63) is 112 Å². The minimum atomic E-state index is -4.59. The summed E-state index contributed by atoms with van der Waals surface area (Å²) in [4.78, 5) is 28.7. The second-order valence-corrected chi connectivity index (χ2v) is 9.58. The highest BCUT2D eigenvalue weighted by Gasteiger charge is 2.47. The molecule has 0 aromatic heterocycles. The van der Waals surface area contributed by atoms with Gasteiger partial charge < -0.3 is 19.5 Å². The van der Waals surface area contributed by atoms with E-state index in [1.807, 2.05) is 18.2 Å². The molecule has 3 aromatic rings. The molecule has 2 aliphatic rings. The van der Waals surface area contributed by atoms with Gasteiger partial charge in [-0.3, -0.25) is 9.59 Å². The average molecular weight is 556 g/mol. The number of hydrogen-bond acceptors (Lipinski definition) is 5. The number of rotatable bonds is 7. The zero-order valence-corrected chi connectivity index (χ0v) is 21.2. The average Bonchev–Trinajstić information content (AvgIpc) is 3.22. The standard InChI is InChI=1S/C30H25F4NO5/c31-21-10-11-24(40-17-18-4-2-1-3-5-18)23(16-21)27(36)25-26(19-6-8-20(9-7-19)30(32,33)34)35(29(38)28(25)37)22-12-14-39-15-13-22/h1-11,16,22,26,37H,12-15,17H2. The summed E-state index contributed by atoms with van der Waals surface area (Å²) in [5, 5.41) is 11.0. The third kappa shape index (κ3) is 5.44. The molecule has 3 aromatic carbocycles. The molecule has 1 unspecified atom stereocenters. The van der Waals surface area contributed by atoms with E-state index in [1.165, 1.54) is 23.1 Å². The molecule has 1 saturated heterocycles. The molecule has 0 spiro atoms. The molecule has 1 fully saturated rings. The first-order valence-electron chi connectivity index (χ1n) is 12.7.